The third-order valence-corrected chi connectivity index (χ3v) is 5.20. The van der Waals surface area contributed by atoms with Gasteiger partial charge in [-0.1, -0.05) is 6.08 Å². The van der Waals surface area contributed by atoms with Crippen LogP contribution in [0.4, 0.5) is 11.4 Å². The lowest BCUT2D eigenvalue weighted by Gasteiger charge is -2.28. The van der Waals surface area contributed by atoms with Crippen LogP contribution in [0.15, 0.2) is 66.7 Å². The summed E-state index contributed by atoms with van der Waals surface area (Å²) in [6.45, 7) is 4.25. The first-order chi connectivity index (χ1) is 16.2. The van der Waals surface area contributed by atoms with Gasteiger partial charge in [-0.05, 0) is 61.4 Å². The lowest BCUT2D eigenvalue weighted by atomic mass is 10.0. The Bertz CT molecular complexity index is 1250. The molecule has 0 fully saturated rings. The van der Waals surface area contributed by atoms with E-state index in [1.54, 1.807) is 30.3 Å². The fraction of sp³-hybridized carbons (Fsp3) is 0.200. The maximum absolute atomic E-state index is 10.9. The van der Waals surface area contributed by atoms with Crippen molar-refractivity contribution < 1.29 is 24.1 Å². The van der Waals surface area contributed by atoms with Gasteiger partial charge < -0.3 is 14.2 Å². The van der Waals surface area contributed by atoms with Crippen molar-refractivity contribution in [2.24, 2.45) is 0 Å². The lowest BCUT2D eigenvalue weighted by molar-refractivity contribution is -0.385. The number of ether oxygens (including phenoxy) is 3. The van der Waals surface area contributed by atoms with E-state index in [9.17, 15) is 20.2 Å². The van der Waals surface area contributed by atoms with Crippen LogP contribution in [-0.2, 0) is 13.2 Å². The highest BCUT2D eigenvalue weighted by Crippen LogP contribution is 2.40. The molecule has 0 radical (unpaired) electrons. The van der Waals surface area contributed by atoms with Crippen molar-refractivity contribution in [3.05, 3.63) is 104 Å². The van der Waals surface area contributed by atoms with E-state index >= 15 is 0 Å². The van der Waals surface area contributed by atoms with E-state index < -0.39 is 15.4 Å². The number of fused-ring (bicyclic) bond motifs is 1. The molecule has 3 aromatic rings. The van der Waals surface area contributed by atoms with Crippen molar-refractivity contribution >= 4 is 17.5 Å². The molecule has 34 heavy (non-hydrogen) atoms. The molecule has 0 bridgehead atoms. The first kappa shape index (κ1) is 22.8. The van der Waals surface area contributed by atoms with Gasteiger partial charge in [0, 0.05) is 35.9 Å². The highest BCUT2D eigenvalue weighted by molar-refractivity contribution is 5.66. The summed E-state index contributed by atoms with van der Waals surface area (Å²) in [5, 5.41) is 21.7. The normalized spacial score (nSPS) is 13.5. The van der Waals surface area contributed by atoms with Gasteiger partial charge in [0.1, 0.15) is 24.6 Å². The van der Waals surface area contributed by atoms with Crippen LogP contribution in [0.25, 0.3) is 6.08 Å². The Morgan fingerprint density at radius 1 is 0.794 bits per heavy atom. The van der Waals surface area contributed by atoms with Crippen LogP contribution < -0.4 is 14.2 Å². The van der Waals surface area contributed by atoms with Crippen molar-refractivity contribution in [2.45, 2.75) is 32.7 Å². The lowest BCUT2D eigenvalue weighted by Crippen LogP contribution is -2.27. The number of nitro groups is 2. The van der Waals surface area contributed by atoms with Crippen LogP contribution in [-0.4, -0.2) is 15.4 Å². The molecule has 0 aromatic heterocycles. The molecule has 1 heterocycles. The van der Waals surface area contributed by atoms with Crippen molar-refractivity contribution in [1.82, 2.24) is 0 Å². The van der Waals surface area contributed by atoms with E-state index in [4.69, 9.17) is 14.2 Å². The zero-order chi connectivity index (χ0) is 24.3. The molecule has 0 amide bonds. The Balaban J connectivity index is 1.56. The summed E-state index contributed by atoms with van der Waals surface area (Å²) in [4.78, 5) is 20.8. The van der Waals surface area contributed by atoms with Crippen LogP contribution in [0.3, 0.4) is 0 Å². The Hall–Kier alpha value is -4.40. The minimum absolute atomic E-state index is 0.00655. The third-order valence-electron chi connectivity index (χ3n) is 5.20. The summed E-state index contributed by atoms with van der Waals surface area (Å²) < 4.78 is 18.1. The topological polar surface area (TPSA) is 114 Å². The quantitative estimate of drug-likeness (QED) is 0.305. The molecule has 0 aliphatic carbocycles. The van der Waals surface area contributed by atoms with Gasteiger partial charge >= 0.3 is 0 Å². The molecule has 0 saturated carbocycles. The van der Waals surface area contributed by atoms with E-state index in [0.29, 0.717) is 17.2 Å². The molecule has 0 saturated heterocycles. The Morgan fingerprint density at radius 2 is 1.26 bits per heavy atom. The summed E-state index contributed by atoms with van der Waals surface area (Å²) in [6.07, 6.45) is 3.91. The Kier molecular flexibility index (Phi) is 6.18. The van der Waals surface area contributed by atoms with Gasteiger partial charge in [-0.3, -0.25) is 20.2 Å². The zero-order valence-corrected chi connectivity index (χ0v) is 18.6. The van der Waals surface area contributed by atoms with Gasteiger partial charge in [0.05, 0.1) is 9.85 Å². The number of hydrogen-bond acceptors (Lipinski definition) is 7. The maximum atomic E-state index is 10.9. The molecule has 0 N–H and O–H groups in total. The smallest absolute Gasteiger partial charge is 0.269 e. The third kappa shape index (κ3) is 5.32. The van der Waals surface area contributed by atoms with E-state index in [2.05, 4.69) is 0 Å². The van der Waals surface area contributed by atoms with Crippen LogP contribution in [0.1, 0.15) is 30.5 Å². The molecule has 1 aliphatic rings. The average molecular weight is 462 g/mol. The summed E-state index contributed by atoms with van der Waals surface area (Å²) in [5.74, 6) is 1.57. The number of benzene rings is 3. The maximum Gasteiger partial charge on any atom is 0.269 e. The largest absolute Gasteiger partial charge is 0.485 e. The van der Waals surface area contributed by atoms with Crippen molar-refractivity contribution in [1.29, 1.82) is 0 Å². The summed E-state index contributed by atoms with van der Waals surface area (Å²) in [6, 6.07) is 15.8. The summed E-state index contributed by atoms with van der Waals surface area (Å²) in [7, 11) is 0. The fourth-order valence-electron chi connectivity index (χ4n) is 3.36. The van der Waals surface area contributed by atoms with Crippen molar-refractivity contribution in [2.75, 3.05) is 0 Å². The van der Waals surface area contributed by atoms with E-state index in [-0.39, 0.29) is 24.6 Å². The molecular weight excluding hydrogens is 440 g/mol. The molecule has 1 aliphatic heterocycles. The molecular formula is C25H22N2O7. The van der Waals surface area contributed by atoms with Crippen LogP contribution in [0.2, 0.25) is 0 Å². The van der Waals surface area contributed by atoms with Gasteiger partial charge in [-0.25, -0.2) is 0 Å². The Morgan fingerprint density at radius 3 is 1.74 bits per heavy atom. The minimum Gasteiger partial charge on any atom is -0.485 e. The van der Waals surface area contributed by atoms with Gasteiger partial charge in [-0.15, -0.1) is 0 Å². The molecule has 174 valence electrons. The number of nitro benzene ring substituents is 2. The average Bonchev–Trinajstić information content (AvgIpc) is 2.81. The molecule has 9 nitrogen and oxygen atoms in total. The predicted molar refractivity (Wildman–Crippen MR) is 125 cm³/mol. The van der Waals surface area contributed by atoms with E-state index in [1.807, 2.05) is 32.1 Å². The second-order valence-corrected chi connectivity index (χ2v) is 8.30. The van der Waals surface area contributed by atoms with Crippen LogP contribution in [0, 0.1) is 20.2 Å². The Labute approximate surface area is 195 Å². The van der Waals surface area contributed by atoms with Gasteiger partial charge in [-0.2, -0.15) is 0 Å². The standard InChI is InChI=1S/C25H22N2O7/c1-25(2)12-11-19-13-23(32-15-17-3-7-20(8-4-17)26(28)29)24(14-22(19)34-25)33-16-18-5-9-21(10-6-18)27(30)31/h3-14H,15-16H2,1-2H3. The number of nitrogens with zero attached hydrogens (tertiary/aromatic N) is 2. The van der Waals surface area contributed by atoms with E-state index in [0.717, 1.165) is 16.7 Å². The first-order valence-electron chi connectivity index (χ1n) is 10.5. The number of rotatable bonds is 8. The van der Waals surface area contributed by atoms with E-state index in [1.165, 1.54) is 24.3 Å². The van der Waals surface area contributed by atoms with Crippen LogP contribution in [0.5, 0.6) is 17.2 Å². The minimum atomic E-state index is -0.468. The molecule has 9 heteroatoms. The summed E-state index contributed by atoms with van der Waals surface area (Å²) in [5.41, 5.74) is 1.90. The van der Waals surface area contributed by atoms with Gasteiger partial charge in [0.15, 0.2) is 11.5 Å². The SMILES string of the molecule is CC1(C)C=Cc2cc(OCc3ccc([N+](=O)[O-])cc3)c(OCc3ccc([N+](=O)[O-])cc3)cc2O1. The molecule has 0 spiro atoms. The first-order valence-corrected chi connectivity index (χ1v) is 10.5. The number of non-ortho nitro benzene ring substituents is 2. The van der Waals surface area contributed by atoms with Crippen molar-refractivity contribution in [3.63, 3.8) is 0 Å². The molecule has 3 aromatic carbocycles. The second-order valence-electron chi connectivity index (χ2n) is 8.30. The van der Waals surface area contributed by atoms with Crippen molar-refractivity contribution in [3.8, 4) is 17.2 Å². The second kappa shape index (κ2) is 9.22. The predicted octanol–water partition coefficient (Wildman–Crippen LogP) is 5.85. The fourth-order valence-corrected chi connectivity index (χ4v) is 3.36. The van der Waals surface area contributed by atoms with Gasteiger partial charge in [0.25, 0.3) is 11.4 Å². The zero-order valence-electron chi connectivity index (χ0n) is 18.6. The van der Waals surface area contributed by atoms with Gasteiger partial charge in [0.2, 0.25) is 0 Å². The van der Waals surface area contributed by atoms with Crippen LogP contribution >= 0.6 is 0 Å². The molecule has 0 unspecified atom stereocenters. The monoisotopic (exact) mass is 462 g/mol. The molecule has 4 rings (SSSR count). The highest BCUT2D eigenvalue weighted by Gasteiger charge is 2.24. The highest BCUT2D eigenvalue weighted by atomic mass is 16.6. The molecule has 0 atom stereocenters. The number of hydrogen-bond donors (Lipinski definition) is 0. The summed E-state index contributed by atoms with van der Waals surface area (Å²) >= 11 is 0.